The number of halogens is 1. The molecule has 0 atom stereocenters. The lowest BCUT2D eigenvalue weighted by Crippen LogP contribution is -2.11. The fraction of sp³-hybridized carbons (Fsp3) is 0.0833. The molecule has 0 aliphatic heterocycles. The van der Waals surface area contributed by atoms with Gasteiger partial charge in [0.2, 0.25) is 0 Å². The molecule has 0 aliphatic carbocycles. The topological polar surface area (TPSA) is 46.6 Å². The van der Waals surface area contributed by atoms with E-state index in [9.17, 15) is 14.0 Å². The van der Waals surface area contributed by atoms with E-state index in [4.69, 9.17) is 4.74 Å². The Bertz CT molecular complexity index is 1040. The van der Waals surface area contributed by atoms with Gasteiger partial charge in [-0.2, -0.15) is 0 Å². The van der Waals surface area contributed by atoms with Crippen molar-refractivity contribution in [3.05, 3.63) is 101 Å². The van der Waals surface area contributed by atoms with Crippen molar-refractivity contribution in [2.75, 3.05) is 19.0 Å². The molecule has 3 rings (SSSR count). The summed E-state index contributed by atoms with van der Waals surface area (Å²) < 4.78 is 18.4. The maximum atomic E-state index is 13.0. The first-order chi connectivity index (χ1) is 13.9. The van der Waals surface area contributed by atoms with Crippen LogP contribution in [0.1, 0.15) is 26.3 Å². The summed E-state index contributed by atoms with van der Waals surface area (Å²) in [4.78, 5) is 26.9. The largest absolute Gasteiger partial charge is 0.422 e. The molecule has 0 saturated carbocycles. The van der Waals surface area contributed by atoms with Crippen molar-refractivity contribution in [3.63, 3.8) is 0 Å². The number of nitrogens with zero attached hydrogens (tertiary/aromatic N) is 1. The van der Waals surface area contributed by atoms with Crippen LogP contribution in [0.3, 0.4) is 0 Å². The third-order valence-corrected chi connectivity index (χ3v) is 4.27. The van der Waals surface area contributed by atoms with Crippen LogP contribution < -0.4 is 9.64 Å². The zero-order valence-electron chi connectivity index (χ0n) is 16.1. The molecule has 5 heteroatoms. The second kappa shape index (κ2) is 8.97. The van der Waals surface area contributed by atoms with E-state index in [0.717, 1.165) is 11.3 Å². The van der Waals surface area contributed by atoms with Gasteiger partial charge in [0, 0.05) is 19.8 Å². The van der Waals surface area contributed by atoms with Crippen molar-refractivity contribution in [2.45, 2.75) is 0 Å². The number of ether oxygens (including phenoxy) is 1. The van der Waals surface area contributed by atoms with E-state index in [1.165, 1.54) is 30.3 Å². The number of carbonyl (C=O) groups is 2. The molecule has 0 N–H and O–H groups in total. The van der Waals surface area contributed by atoms with Gasteiger partial charge in [-0.25, -0.2) is 9.18 Å². The summed E-state index contributed by atoms with van der Waals surface area (Å²) in [7, 11) is 3.91. The molecule has 0 heterocycles. The lowest BCUT2D eigenvalue weighted by atomic mass is 10.1. The summed E-state index contributed by atoms with van der Waals surface area (Å²) in [6, 6.07) is 19.3. The van der Waals surface area contributed by atoms with Gasteiger partial charge < -0.3 is 9.64 Å². The van der Waals surface area contributed by atoms with Crippen molar-refractivity contribution >= 4 is 23.5 Å². The third-order valence-electron chi connectivity index (χ3n) is 4.27. The van der Waals surface area contributed by atoms with Crippen LogP contribution in [0.4, 0.5) is 10.1 Å². The Kier molecular flexibility index (Phi) is 6.19. The van der Waals surface area contributed by atoms with Crippen LogP contribution in [-0.4, -0.2) is 25.8 Å². The monoisotopic (exact) mass is 389 g/mol. The molecule has 0 aliphatic rings. The number of para-hydroxylation sites is 1. The van der Waals surface area contributed by atoms with Crippen LogP contribution in [0.25, 0.3) is 6.08 Å². The Morgan fingerprint density at radius 2 is 1.55 bits per heavy atom. The normalized spacial score (nSPS) is 10.7. The van der Waals surface area contributed by atoms with Gasteiger partial charge in [0.15, 0.2) is 5.78 Å². The molecule has 0 spiro atoms. The molecule has 0 bridgehead atoms. The molecule has 3 aromatic carbocycles. The SMILES string of the molecule is CN(C)c1ccc(/C=C/C(=O)c2ccccc2OC(=O)c2ccc(F)cc2)cc1. The lowest BCUT2D eigenvalue weighted by molar-refractivity contribution is 0.0733. The number of anilines is 1. The Morgan fingerprint density at radius 1 is 0.897 bits per heavy atom. The zero-order valence-corrected chi connectivity index (χ0v) is 16.1. The average molecular weight is 389 g/mol. The summed E-state index contributed by atoms with van der Waals surface area (Å²) in [6.45, 7) is 0. The van der Waals surface area contributed by atoms with Gasteiger partial charge in [-0.3, -0.25) is 4.79 Å². The van der Waals surface area contributed by atoms with E-state index in [1.807, 2.05) is 43.3 Å². The highest BCUT2D eigenvalue weighted by molar-refractivity contribution is 6.09. The predicted octanol–water partition coefficient (Wildman–Crippen LogP) is 5.01. The van der Waals surface area contributed by atoms with E-state index < -0.39 is 11.8 Å². The highest BCUT2D eigenvalue weighted by Gasteiger charge is 2.14. The molecule has 0 unspecified atom stereocenters. The van der Waals surface area contributed by atoms with Gasteiger partial charge in [-0.05, 0) is 60.2 Å². The van der Waals surface area contributed by atoms with E-state index >= 15 is 0 Å². The number of hydrogen-bond acceptors (Lipinski definition) is 4. The minimum atomic E-state index is -0.659. The Morgan fingerprint density at radius 3 is 2.21 bits per heavy atom. The highest BCUT2D eigenvalue weighted by atomic mass is 19.1. The summed E-state index contributed by atoms with van der Waals surface area (Å²) in [5.41, 5.74) is 2.41. The van der Waals surface area contributed by atoms with E-state index in [2.05, 4.69) is 0 Å². The number of hydrogen-bond donors (Lipinski definition) is 0. The van der Waals surface area contributed by atoms with Gasteiger partial charge >= 0.3 is 5.97 Å². The molecule has 0 amide bonds. The highest BCUT2D eigenvalue weighted by Crippen LogP contribution is 2.21. The second-order valence-corrected chi connectivity index (χ2v) is 6.58. The number of rotatable bonds is 6. The fourth-order valence-electron chi connectivity index (χ4n) is 2.65. The molecule has 3 aromatic rings. The van der Waals surface area contributed by atoms with Crippen LogP contribution in [0.15, 0.2) is 78.9 Å². The third kappa shape index (κ3) is 5.17. The summed E-state index contributed by atoms with van der Waals surface area (Å²) in [5.74, 6) is -1.24. The van der Waals surface area contributed by atoms with E-state index in [-0.39, 0.29) is 22.7 Å². The van der Waals surface area contributed by atoms with E-state index in [0.29, 0.717) is 0 Å². The summed E-state index contributed by atoms with van der Waals surface area (Å²) >= 11 is 0. The van der Waals surface area contributed by atoms with Gasteiger partial charge in [0.05, 0.1) is 11.1 Å². The first kappa shape index (κ1) is 20.0. The van der Waals surface area contributed by atoms with Gasteiger partial charge in [-0.15, -0.1) is 0 Å². The molecular weight excluding hydrogens is 369 g/mol. The lowest BCUT2D eigenvalue weighted by Gasteiger charge is -2.11. The zero-order chi connectivity index (χ0) is 20.8. The summed E-state index contributed by atoms with van der Waals surface area (Å²) in [6.07, 6.45) is 3.15. The molecule has 0 saturated heterocycles. The van der Waals surface area contributed by atoms with Crippen molar-refractivity contribution < 1.29 is 18.7 Å². The molecule has 4 nitrogen and oxygen atoms in total. The first-order valence-corrected chi connectivity index (χ1v) is 9.00. The van der Waals surface area contributed by atoms with Crippen LogP contribution in [-0.2, 0) is 0 Å². The standard InChI is InChI=1S/C24H20FNO3/c1-26(2)20-14-7-17(8-15-20)9-16-22(27)21-5-3-4-6-23(21)29-24(28)18-10-12-19(25)13-11-18/h3-16H,1-2H3/b16-9+. The average Bonchev–Trinajstić information content (AvgIpc) is 2.73. The smallest absolute Gasteiger partial charge is 0.343 e. The van der Waals surface area contributed by atoms with Crippen molar-refractivity contribution in [3.8, 4) is 5.75 Å². The first-order valence-electron chi connectivity index (χ1n) is 9.00. The Hall–Kier alpha value is -3.73. The number of ketones is 1. The van der Waals surface area contributed by atoms with Gasteiger partial charge in [0.25, 0.3) is 0 Å². The number of benzene rings is 3. The van der Waals surface area contributed by atoms with Gasteiger partial charge in [0.1, 0.15) is 11.6 Å². The van der Waals surface area contributed by atoms with Crippen LogP contribution in [0.5, 0.6) is 5.75 Å². The molecule has 29 heavy (non-hydrogen) atoms. The van der Waals surface area contributed by atoms with Crippen molar-refractivity contribution in [1.29, 1.82) is 0 Å². The maximum absolute atomic E-state index is 13.0. The molecule has 0 aromatic heterocycles. The van der Waals surface area contributed by atoms with Gasteiger partial charge in [-0.1, -0.05) is 30.3 Å². The van der Waals surface area contributed by atoms with Crippen molar-refractivity contribution in [1.82, 2.24) is 0 Å². The van der Waals surface area contributed by atoms with Crippen LogP contribution in [0.2, 0.25) is 0 Å². The van der Waals surface area contributed by atoms with Crippen LogP contribution in [0, 0.1) is 5.82 Å². The minimum absolute atomic E-state index is 0.152. The predicted molar refractivity (Wildman–Crippen MR) is 112 cm³/mol. The maximum Gasteiger partial charge on any atom is 0.343 e. The van der Waals surface area contributed by atoms with E-state index in [1.54, 1.807) is 30.3 Å². The number of esters is 1. The van der Waals surface area contributed by atoms with Crippen molar-refractivity contribution in [2.24, 2.45) is 0 Å². The van der Waals surface area contributed by atoms with Crippen LogP contribution >= 0.6 is 0 Å². The minimum Gasteiger partial charge on any atom is -0.422 e. The number of carbonyl (C=O) groups excluding carboxylic acids is 2. The fourth-order valence-corrected chi connectivity index (χ4v) is 2.65. The molecule has 0 fully saturated rings. The summed E-state index contributed by atoms with van der Waals surface area (Å²) in [5, 5.41) is 0. The second-order valence-electron chi connectivity index (χ2n) is 6.58. The molecular formula is C24H20FNO3. The molecule has 146 valence electrons. The number of allylic oxidation sites excluding steroid dienone is 1. The quantitative estimate of drug-likeness (QED) is 0.257. The molecule has 0 radical (unpaired) electrons. The Labute approximate surface area is 168 Å². The Balaban J connectivity index is 1.76.